The Bertz CT molecular complexity index is 203. The van der Waals surface area contributed by atoms with E-state index in [1.165, 1.54) is 0 Å². The molecule has 1 heterocycles. The van der Waals surface area contributed by atoms with Gasteiger partial charge >= 0.3 is 0 Å². The van der Waals surface area contributed by atoms with Crippen molar-refractivity contribution in [3.05, 3.63) is 0 Å². The third kappa shape index (κ3) is 4.11. The van der Waals surface area contributed by atoms with Crippen LogP contribution in [0.25, 0.3) is 0 Å². The molecule has 2 unspecified atom stereocenters. The molecule has 0 saturated carbocycles. The van der Waals surface area contributed by atoms with Gasteiger partial charge in [-0.25, -0.2) is 0 Å². The molecule has 0 aromatic rings. The first-order valence-corrected chi connectivity index (χ1v) is 6.71. The van der Waals surface area contributed by atoms with Crippen LogP contribution in [0.2, 0.25) is 0 Å². The number of hydrogen-bond donors (Lipinski definition) is 1. The Labute approximate surface area is 100 Å². The highest BCUT2D eigenvalue weighted by Crippen LogP contribution is 2.14. The van der Waals surface area contributed by atoms with E-state index >= 15 is 0 Å². The molecule has 1 saturated heterocycles. The summed E-state index contributed by atoms with van der Waals surface area (Å²) in [5.41, 5.74) is 0. The minimum absolute atomic E-state index is 0.0709. The Morgan fingerprint density at radius 2 is 2.33 bits per heavy atom. The lowest BCUT2D eigenvalue weighted by Gasteiger charge is -2.23. The van der Waals surface area contributed by atoms with Crippen LogP contribution in [0.15, 0.2) is 0 Å². The number of alkyl halides is 1. The Kier molecular flexibility index (Phi) is 5.61. The van der Waals surface area contributed by atoms with Crippen molar-refractivity contribution in [2.45, 2.75) is 32.7 Å². The fraction of sp³-hybridized carbons (Fsp3) is 0.909. The van der Waals surface area contributed by atoms with Crippen molar-refractivity contribution in [2.24, 2.45) is 11.8 Å². The molecular weight excluding hydrogens is 258 g/mol. The lowest BCUT2D eigenvalue weighted by Crippen LogP contribution is -2.42. The summed E-state index contributed by atoms with van der Waals surface area (Å²) in [5, 5.41) is 4.04. The Hall–Kier alpha value is -0.0900. The fourth-order valence-electron chi connectivity index (χ4n) is 1.73. The maximum Gasteiger partial charge on any atom is 0.225 e. The summed E-state index contributed by atoms with van der Waals surface area (Å²) < 4.78 is 5.21. The summed E-state index contributed by atoms with van der Waals surface area (Å²) in [4.78, 5) is 11.8. The van der Waals surface area contributed by atoms with E-state index in [1.807, 2.05) is 0 Å². The molecule has 1 amide bonds. The molecule has 3 nitrogen and oxygen atoms in total. The highest BCUT2D eigenvalue weighted by Gasteiger charge is 2.26. The van der Waals surface area contributed by atoms with Crippen molar-refractivity contribution < 1.29 is 9.53 Å². The number of halogens is 1. The second-order valence-corrected chi connectivity index (χ2v) is 5.19. The number of carbonyl (C=O) groups is 1. The molecule has 1 aliphatic heterocycles. The fourth-order valence-corrected chi connectivity index (χ4v) is 2.22. The van der Waals surface area contributed by atoms with Crippen LogP contribution in [0.4, 0.5) is 0 Å². The van der Waals surface area contributed by atoms with Crippen molar-refractivity contribution >= 4 is 21.8 Å². The molecule has 1 rings (SSSR count). The zero-order chi connectivity index (χ0) is 11.3. The van der Waals surface area contributed by atoms with Crippen LogP contribution in [0.3, 0.4) is 0 Å². The summed E-state index contributed by atoms with van der Waals surface area (Å²) in [7, 11) is 0. The average Bonchev–Trinajstić information content (AvgIpc) is 2.69. The van der Waals surface area contributed by atoms with Crippen molar-refractivity contribution in [3.63, 3.8) is 0 Å². The van der Waals surface area contributed by atoms with Gasteiger partial charge in [0.05, 0.1) is 12.5 Å². The topological polar surface area (TPSA) is 38.3 Å². The van der Waals surface area contributed by atoms with Gasteiger partial charge in [-0.15, -0.1) is 0 Å². The van der Waals surface area contributed by atoms with Gasteiger partial charge in [-0.3, -0.25) is 4.79 Å². The van der Waals surface area contributed by atoms with E-state index < -0.39 is 0 Å². The summed E-state index contributed by atoms with van der Waals surface area (Å²) in [6.45, 7) is 5.59. The predicted octanol–water partition coefficient (Wildman–Crippen LogP) is 1.95. The van der Waals surface area contributed by atoms with E-state index in [0.717, 1.165) is 24.8 Å². The molecule has 0 radical (unpaired) electrons. The first-order chi connectivity index (χ1) is 7.15. The number of hydrogen-bond acceptors (Lipinski definition) is 2. The standard InChI is InChI=1S/C11H20BrNO2/c1-8(2)10(3-5-12)13-11(14)9-4-6-15-7-9/h8-10H,3-7H2,1-2H3,(H,13,14). The molecule has 4 heteroatoms. The van der Waals surface area contributed by atoms with Gasteiger partial charge in [0.2, 0.25) is 5.91 Å². The van der Waals surface area contributed by atoms with Crippen LogP contribution in [0, 0.1) is 11.8 Å². The van der Waals surface area contributed by atoms with E-state index in [0.29, 0.717) is 12.5 Å². The van der Waals surface area contributed by atoms with Gasteiger partial charge in [0.25, 0.3) is 0 Å². The molecule has 0 aliphatic carbocycles. The molecule has 0 aromatic heterocycles. The van der Waals surface area contributed by atoms with Gasteiger partial charge in [-0.2, -0.15) is 0 Å². The number of nitrogens with one attached hydrogen (secondary N) is 1. The average molecular weight is 278 g/mol. The molecule has 0 aromatic carbocycles. The number of rotatable bonds is 5. The highest BCUT2D eigenvalue weighted by atomic mass is 79.9. The zero-order valence-electron chi connectivity index (χ0n) is 9.46. The van der Waals surface area contributed by atoms with Gasteiger partial charge in [0.1, 0.15) is 0 Å². The number of ether oxygens (including phenoxy) is 1. The summed E-state index contributed by atoms with van der Waals surface area (Å²) in [5.74, 6) is 0.711. The van der Waals surface area contributed by atoms with Crippen molar-refractivity contribution in [3.8, 4) is 0 Å². The van der Waals surface area contributed by atoms with Gasteiger partial charge < -0.3 is 10.1 Å². The Morgan fingerprint density at radius 3 is 2.80 bits per heavy atom. The molecule has 1 N–H and O–H groups in total. The number of amides is 1. The van der Waals surface area contributed by atoms with Gasteiger partial charge in [-0.05, 0) is 18.8 Å². The first-order valence-electron chi connectivity index (χ1n) is 5.59. The predicted molar refractivity (Wildman–Crippen MR) is 64.1 cm³/mol. The largest absolute Gasteiger partial charge is 0.381 e. The molecule has 88 valence electrons. The van der Waals surface area contributed by atoms with Gasteiger partial charge in [0, 0.05) is 18.0 Å². The van der Waals surface area contributed by atoms with E-state index in [1.54, 1.807) is 0 Å². The smallest absolute Gasteiger partial charge is 0.225 e. The van der Waals surface area contributed by atoms with Crippen LogP contribution in [0.5, 0.6) is 0 Å². The van der Waals surface area contributed by atoms with Crippen molar-refractivity contribution in [2.75, 3.05) is 18.5 Å². The third-order valence-corrected chi connectivity index (χ3v) is 3.31. The SMILES string of the molecule is CC(C)C(CCBr)NC(=O)C1CCOC1. The van der Waals surface area contributed by atoms with Crippen molar-refractivity contribution in [1.82, 2.24) is 5.32 Å². The van der Waals surface area contributed by atoms with Gasteiger partial charge in [-0.1, -0.05) is 29.8 Å². The van der Waals surface area contributed by atoms with Crippen LogP contribution >= 0.6 is 15.9 Å². The minimum atomic E-state index is 0.0709. The Balaban J connectivity index is 2.38. The van der Waals surface area contributed by atoms with Crippen LogP contribution in [-0.2, 0) is 9.53 Å². The molecule has 1 fully saturated rings. The van der Waals surface area contributed by atoms with E-state index in [4.69, 9.17) is 4.74 Å². The lowest BCUT2D eigenvalue weighted by atomic mass is 10.00. The maximum absolute atomic E-state index is 11.8. The summed E-state index contributed by atoms with van der Waals surface area (Å²) in [6, 6.07) is 0.275. The van der Waals surface area contributed by atoms with E-state index in [-0.39, 0.29) is 17.9 Å². The Morgan fingerprint density at radius 1 is 1.60 bits per heavy atom. The number of carbonyl (C=O) groups excluding carboxylic acids is 1. The van der Waals surface area contributed by atoms with Gasteiger partial charge in [0.15, 0.2) is 0 Å². The van der Waals surface area contributed by atoms with Crippen molar-refractivity contribution in [1.29, 1.82) is 0 Å². The minimum Gasteiger partial charge on any atom is -0.381 e. The molecule has 0 spiro atoms. The van der Waals surface area contributed by atoms with Crippen LogP contribution in [-0.4, -0.2) is 30.5 Å². The second kappa shape index (κ2) is 6.48. The molecule has 15 heavy (non-hydrogen) atoms. The quantitative estimate of drug-likeness (QED) is 0.781. The molecule has 0 bridgehead atoms. The van der Waals surface area contributed by atoms with Crippen LogP contribution < -0.4 is 5.32 Å². The molecular formula is C11H20BrNO2. The zero-order valence-corrected chi connectivity index (χ0v) is 11.0. The lowest BCUT2D eigenvalue weighted by molar-refractivity contribution is -0.126. The maximum atomic E-state index is 11.8. The van der Waals surface area contributed by atoms with E-state index in [9.17, 15) is 4.79 Å². The molecule has 2 atom stereocenters. The normalized spacial score (nSPS) is 23.1. The monoisotopic (exact) mass is 277 g/mol. The highest BCUT2D eigenvalue weighted by molar-refractivity contribution is 9.09. The summed E-state index contributed by atoms with van der Waals surface area (Å²) >= 11 is 3.42. The second-order valence-electron chi connectivity index (χ2n) is 4.40. The van der Waals surface area contributed by atoms with E-state index in [2.05, 4.69) is 35.1 Å². The van der Waals surface area contributed by atoms with Crippen LogP contribution in [0.1, 0.15) is 26.7 Å². The summed E-state index contributed by atoms with van der Waals surface area (Å²) in [6.07, 6.45) is 1.85. The first kappa shape index (κ1) is 13.0. The third-order valence-electron chi connectivity index (χ3n) is 2.85. The molecule has 1 aliphatic rings.